The van der Waals surface area contributed by atoms with Gasteiger partial charge in [0.1, 0.15) is 5.75 Å². The lowest BCUT2D eigenvalue weighted by molar-refractivity contribution is -0.148. The second-order valence-corrected chi connectivity index (χ2v) is 4.56. The fraction of sp³-hybridized carbons (Fsp3) is 0.417. The predicted molar refractivity (Wildman–Crippen MR) is 66.9 cm³/mol. The van der Waals surface area contributed by atoms with Crippen LogP contribution in [0.15, 0.2) is 22.7 Å². The van der Waals surface area contributed by atoms with Crippen LogP contribution in [0.3, 0.4) is 0 Å². The summed E-state index contributed by atoms with van der Waals surface area (Å²) in [5, 5.41) is 9.59. The van der Waals surface area contributed by atoms with E-state index in [-0.39, 0.29) is 0 Å². The van der Waals surface area contributed by atoms with E-state index in [4.69, 9.17) is 4.74 Å². The Morgan fingerprint density at radius 1 is 1.41 bits per heavy atom. The van der Waals surface area contributed by atoms with Crippen molar-refractivity contribution in [1.82, 2.24) is 0 Å². The Morgan fingerprint density at radius 2 is 2.06 bits per heavy atom. The molecule has 17 heavy (non-hydrogen) atoms. The molecule has 1 aromatic rings. The molecular formula is C12H15BrO4. The van der Waals surface area contributed by atoms with Crippen LogP contribution in [0.4, 0.5) is 0 Å². The van der Waals surface area contributed by atoms with E-state index >= 15 is 0 Å². The van der Waals surface area contributed by atoms with Gasteiger partial charge >= 0.3 is 5.97 Å². The highest BCUT2D eigenvalue weighted by molar-refractivity contribution is 9.10. The third-order valence-corrected chi connectivity index (χ3v) is 2.76. The minimum atomic E-state index is -0.716. The first-order valence-corrected chi connectivity index (χ1v) is 5.97. The van der Waals surface area contributed by atoms with Crippen molar-refractivity contribution in [3.63, 3.8) is 0 Å². The lowest BCUT2D eigenvalue weighted by atomic mass is 10.1. The summed E-state index contributed by atoms with van der Waals surface area (Å²) in [5.41, 5.74) is 0.629. The number of halogens is 1. The maximum Gasteiger partial charge on any atom is 0.346 e. The molecule has 5 heteroatoms. The number of carbonyl (C=O) groups excluding carboxylic acids is 1. The number of esters is 1. The Bertz CT molecular complexity index is 403. The van der Waals surface area contributed by atoms with Gasteiger partial charge in [-0.2, -0.15) is 0 Å². The first-order chi connectivity index (χ1) is 7.95. The van der Waals surface area contributed by atoms with Crippen LogP contribution in [0.5, 0.6) is 5.75 Å². The zero-order valence-electron chi connectivity index (χ0n) is 9.94. The van der Waals surface area contributed by atoms with Gasteiger partial charge in [0, 0.05) is 10.0 Å². The van der Waals surface area contributed by atoms with Crippen molar-refractivity contribution in [3.05, 3.63) is 28.2 Å². The van der Waals surface area contributed by atoms with E-state index in [1.165, 1.54) is 7.11 Å². The van der Waals surface area contributed by atoms with Gasteiger partial charge in [0.2, 0.25) is 0 Å². The van der Waals surface area contributed by atoms with Crippen molar-refractivity contribution >= 4 is 21.9 Å². The molecule has 1 aromatic carbocycles. The van der Waals surface area contributed by atoms with Crippen LogP contribution in [-0.4, -0.2) is 24.3 Å². The van der Waals surface area contributed by atoms with Crippen molar-refractivity contribution in [2.75, 3.05) is 7.11 Å². The second kappa shape index (κ2) is 6.02. The van der Waals surface area contributed by atoms with Crippen molar-refractivity contribution < 1.29 is 19.4 Å². The molecule has 0 amide bonds. The molecule has 0 fully saturated rings. The molecular weight excluding hydrogens is 288 g/mol. The van der Waals surface area contributed by atoms with Crippen LogP contribution >= 0.6 is 15.9 Å². The SMILES string of the molecule is COC(=O)C(C)Oc1cc(Br)ccc1C(C)O. The molecule has 1 rings (SSSR count). The number of aliphatic hydroxyl groups is 1. The average Bonchev–Trinajstić information content (AvgIpc) is 2.27. The third-order valence-electron chi connectivity index (χ3n) is 2.26. The van der Waals surface area contributed by atoms with Gasteiger partial charge < -0.3 is 14.6 Å². The molecule has 4 nitrogen and oxygen atoms in total. The maximum absolute atomic E-state index is 11.3. The van der Waals surface area contributed by atoms with E-state index in [0.29, 0.717) is 11.3 Å². The number of aliphatic hydroxyl groups excluding tert-OH is 1. The Kier molecular flexibility index (Phi) is 4.96. The minimum Gasteiger partial charge on any atom is -0.479 e. The number of benzene rings is 1. The van der Waals surface area contributed by atoms with Crippen molar-refractivity contribution in [2.24, 2.45) is 0 Å². The van der Waals surface area contributed by atoms with Crippen molar-refractivity contribution in [1.29, 1.82) is 0 Å². The number of hydrogen-bond acceptors (Lipinski definition) is 4. The smallest absolute Gasteiger partial charge is 0.346 e. The van der Waals surface area contributed by atoms with Gasteiger partial charge in [0.15, 0.2) is 6.10 Å². The average molecular weight is 303 g/mol. The van der Waals surface area contributed by atoms with E-state index < -0.39 is 18.2 Å². The highest BCUT2D eigenvalue weighted by atomic mass is 79.9. The Labute approximate surface area is 109 Å². The van der Waals surface area contributed by atoms with Gasteiger partial charge in [-0.15, -0.1) is 0 Å². The van der Waals surface area contributed by atoms with Gasteiger partial charge in [0.05, 0.1) is 13.2 Å². The van der Waals surface area contributed by atoms with Gasteiger partial charge in [-0.1, -0.05) is 22.0 Å². The number of methoxy groups -OCH3 is 1. The normalized spacial score (nSPS) is 13.9. The third kappa shape index (κ3) is 3.71. The van der Waals surface area contributed by atoms with Gasteiger partial charge in [-0.05, 0) is 26.0 Å². The second-order valence-electron chi connectivity index (χ2n) is 3.64. The summed E-state index contributed by atoms with van der Waals surface area (Å²) in [6.07, 6.45) is -1.38. The summed E-state index contributed by atoms with van der Waals surface area (Å²) in [4.78, 5) is 11.3. The fourth-order valence-corrected chi connectivity index (χ4v) is 1.70. The zero-order chi connectivity index (χ0) is 13.0. The monoisotopic (exact) mass is 302 g/mol. The molecule has 2 unspecified atom stereocenters. The Balaban J connectivity index is 2.96. The molecule has 0 aliphatic rings. The first kappa shape index (κ1) is 14.0. The Hall–Kier alpha value is -1.07. The highest BCUT2D eigenvalue weighted by Crippen LogP contribution is 2.29. The van der Waals surface area contributed by atoms with Crippen molar-refractivity contribution in [3.8, 4) is 5.75 Å². The molecule has 1 N–H and O–H groups in total. The molecule has 0 bridgehead atoms. The van der Waals surface area contributed by atoms with Gasteiger partial charge in [-0.25, -0.2) is 4.79 Å². The summed E-state index contributed by atoms with van der Waals surface area (Å²) in [6.45, 7) is 3.23. The lowest BCUT2D eigenvalue weighted by Gasteiger charge is -2.17. The summed E-state index contributed by atoms with van der Waals surface area (Å²) in [5.74, 6) is 0.00814. The van der Waals surface area contributed by atoms with Crippen LogP contribution in [-0.2, 0) is 9.53 Å². The first-order valence-electron chi connectivity index (χ1n) is 5.17. The van der Waals surface area contributed by atoms with E-state index in [1.54, 1.807) is 32.0 Å². The van der Waals surface area contributed by atoms with Crippen LogP contribution in [0.1, 0.15) is 25.5 Å². The van der Waals surface area contributed by atoms with Crippen LogP contribution < -0.4 is 4.74 Å². The number of rotatable bonds is 4. The predicted octanol–water partition coefficient (Wildman–Crippen LogP) is 2.44. The van der Waals surface area contributed by atoms with Gasteiger partial charge in [-0.3, -0.25) is 0 Å². The summed E-state index contributed by atoms with van der Waals surface area (Å²) < 4.78 is 10.9. The minimum absolute atomic E-state index is 0.457. The quantitative estimate of drug-likeness (QED) is 0.868. The standard InChI is InChI=1S/C12H15BrO4/c1-7(14)10-5-4-9(13)6-11(10)17-8(2)12(15)16-3/h4-8,14H,1-3H3. The topological polar surface area (TPSA) is 55.8 Å². The maximum atomic E-state index is 11.3. The number of carbonyl (C=O) groups is 1. The van der Waals surface area contributed by atoms with E-state index in [2.05, 4.69) is 20.7 Å². The molecule has 2 atom stereocenters. The number of hydrogen-bond donors (Lipinski definition) is 1. The summed E-state index contributed by atoms with van der Waals surface area (Å²) in [6, 6.07) is 5.26. The van der Waals surface area contributed by atoms with E-state index in [1.807, 2.05) is 0 Å². The Morgan fingerprint density at radius 3 is 2.59 bits per heavy atom. The molecule has 0 saturated heterocycles. The fourth-order valence-electron chi connectivity index (χ4n) is 1.36. The van der Waals surface area contributed by atoms with Gasteiger partial charge in [0.25, 0.3) is 0 Å². The zero-order valence-corrected chi connectivity index (χ0v) is 11.5. The molecule has 0 saturated carbocycles. The summed E-state index contributed by atoms with van der Waals surface area (Å²) >= 11 is 3.31. The van der Waals surface area contributed by atoms with Crippen LogP contribution in [0, 0.1) is 0 Å². The molecule has 0 spiro atoms. The molecule has 0 aliphatic carbocycles. The lowest BCUT2D eigenvalue weighted by Crippen LogP contribution is -2.25. The van der Waals surface area contributed by atoms with E-state index in [9.17, 15) is 9.90 Å². The molecule has 0 radical (unpaired) electrons. The summed E-state index contributed by atoms with van der Waals surface area (Å²) in [7, 11) is 1.30. The van der Waals surface area contributed by atoms with Crippen LogP contribution in [0.2, 0.25) is 0 Å². The molecule has 0 heterocycles. The van der Waals surface area contributed by atoms with E-state index in [0.717, 1.165) is 4.47 Å². The van der Waals surface area contributed by atoms with Crippen LogP contribution in [0.25, 0.3) is 0 Å². The molecule has 94 valence electrons. The molecule has 0 aromatic heterocycles. The largest absolute Gasteiger partial charge is 0.479 e. The number of ether oxygens (including phenoxy) is 2. The highest BCUT2D eigenvalue weighted by Gasteiger charge is 2.18. The molecule has 0 aliphatic heterocycles. The van der Waals surface area contributed by atoms with Crippen molar-refractivity contribution in [2.45, 2.75) is 26.1 Å².